The summed E-state index contributed by atoms with van der Waals surface area (Å²) >= 11 is 1.47. The van der Waals surface area contributed by atoms with Crippen LogP contribution in [-0.4, -0.2) is 20.4 Å². The first-order valence-corrected chi connectivity index (χ1v) is 9.34. The van der Waals surface area contributed by atoms with Crippen molar-refractivity contribution in [2.75, 3.05) is 5.32 Å². The highest BCUT2D eigenvalue weighted by molar-refractivity contribution is 7.19. The van der Waals surface area contributed by atoms with Crippen LogP contribution in [-0.2, 0) is 11.8 Å². The van der Waals surface area contributed by atoms with Crippen molar-refractivity contribution in [3.8, 4) is 22.0 Å². The van der Waals surface area contributed by atoms with E-state index in [4.69, 9.17) is 0 Å². The lowest BCUT2D eigenvalue weighted by atomic mass is 10.1. The summed E-state index contributed by atoms with van der Waals surface area (Å²) in [6, 6.07) is 10.00. The molecule has 3 aromatic rings. The Hall–Kier alpha value is -2.47. The number of anilines is 1. The number of nitrogens with zero attached hydrogens (tertiary/aromatic N) is 3. The average molecular weight is 354 g/mol. The van der Waals surface area contributed by atoms with Crippen molar-refractivity contribution in [1.82, 2.24) is 14.5 Å². The van der Waals surface area contributed by atoms with E-state index < -0.39 is 0 Å². The van der Waals surface area contributed by atoms with Gasteiger partial charge in [0.1, 0.15) is 0 Å². The van der Waals surface area contributed by atoms with Gasteiger partial charge in [-0.1, -0.05) is 61.4 Å². The van der Waals surface area contributed by atoms with Crippen LogP contribution in [0.25, 0.3) is 22.0 Å². The summed E-state index contributed by atoms with van der Waals surface area (Å²) in [4.78, 5) is 22.2. The van der Waals surface area contributed by atoms with Gasteiger partial charge in [-0.15, -0.1) is 0 Å². The van der Waals surface area contributed by atoms with Crippen molar-refractivity contribution >= 4 is 22.4 Å². The summed E-state index contributed by atoms with van der Waals surface area (Å²) in [5, 5.41) is 3.57. The van der Waals surface area contributed by atoms with Crippen molar-refractivity contribution in [2.45, 2.75) is 32.6 Å². The fourth-order valence-electron chi connectivity index (χ4n) is 2.62. The van der Waals surface area contributed by atoms with E-state index in [1.807, 2.05) is 48.1 Å². The van der Waals surface area contributed by atoms with Crippen molar-refractivity contribution in [2.24, 2.45) is 7.05 Å². The van der Waals surface area contributed by atoms with E-state index in [9.17, 15) is 4.79 Å². The minimum Gasteiger partial charge on any atom is -0.333 e. The van der Waals surface area contributed by atoms with Gasteiger partial charge in [0.2, 0.25) is 5.91 Å². The van der Waals surface area contributed by atoms with Gasteiger partial charge in [0.25, 0.3) is 0 Å². The van der Waals surface area contributed by atoms with E-state index in [1.165, 1.54) is 11.3 Å². The monoisotopic (exact) mass is 354 g/mol. The second-order valence-corrected chi connectivity index (χ2v) is 6.93. The number of aromatic nitrogens is 3. The molecule has 0 saturated carbocycles. The zero-order valence-corrected chi connectivity index (χ0v) is 15.3. The maximum absolute atomic E-state index is 12.1. The number of unbranched alkanes of at least 4 members (excludes halogenated alkanes) is 2. The highest BCUT2D eigenvalue weighted by Gasteiger charge is 2.18. The predicted molar refractivity (Wildman–Crippen MR) is 103 cm³/mol. The first kappa shape index (κ1) is 17.4. The van der Waals surface area contributed by atoms with Crippen LogP contribution >= 0.6 is 11.3 Å². The average Bonchev–Trinajstić information content (AvgIpc) is 3.22. The summed E-state index contributed by atoms with van der Waals surface area (Å²) in [7, 11) is 1.96. The smallest absolute Gasteiger partial charge is 0.226 e. The Morgan fingerprint density at radius 3 is 2.72 bits per heavy atom. The second kappa shape index (κ2) is 8.07. The Kier molecular flexibility index (Phi) is 5.60. The molecular weight excluding hydrogens is 332 g/mol. The molecule has 1 N–H and O–H groups in total. The lowest BCUT2D eigenvalue weighted by molar-refractivity contribution is -0.116. The van der Waals surface area contributed by atoms with Crippen LogP contribution in [0.4, 0.5) is 5.13 Å². The fourth-order valence-corrected chi connectivity index (χ4v) is 3.66. The van der Waals surface area contributed by atoms with Crippen molar-refractivity contribution in [3.63, 3.8) is 0 Å². The van der Waals surface area contributed by atoms with E-state index in [-0.39, 0.29) is 5.91 Å². The van der Waals surface area contributed by atoms with Crippen LogP contribution in [0, 0.1) is 0 Å². The summed E-state index contributed by atoms with van der Waals surface area (Å²) in [6.45, 7) is 2.13. The van der Waals surface area contributed by atoms with Gasteiger partial charge < -0.3 is 9.88 Å². The van der Waals surface area contributed by atoms with E-state index in [0.717, 1.165) is 41.2 Å². The van der Waals surface area contributed by atoms with Crippen LogP contribution in [0.3, 0.4) is 0 Å². The molecule has 0 fully saturated rings. The largest absolute Gasteiger partial charge is 0.333 e. The van der Waals surface area contributed by atoms with Crippen molar-refractivity contribution in [3.05, 3.63) is 42.7 Å². The third-order valence-corrected chi connectivity index (χ3v) is 4.92. The molecule has 130 valence electrons. The quantitative estimate of drug-likeness (QED) is 0.624. The van der Waals surface area contributed by atoms with Gasteiger partial charge in [-0.2, -0.15) is 0 Å². The minimum absolute atomic E-state index is 0.0215. The van der Waals surface area contributed by atoms with Gasteiger partial charge in [0, 0.05) is 31.4 Å². The Balaban J connectivity index is 1.90. The van der Waals surface area contributed by atoms with E-state index >= 15 is 0 Å². The standard InChI is InChI=1S/C19H22N4OS/c1-3-4-6-11-15(24)21-19-22-16(14-9-7-5-8-10-14)17(25-19)18-20-12-13-23(18)2/h5,7-10,12-13H,3-4,6,11H2,1-2H3,(H,21,22,24). The summed E-state index contributed by atoms with van der Waals surface area (Å²) in [6.07, 6.45) is 7.29. The fraction of sp³-hybridized carbons (Fsp3) is 0.316. The maximum atomic E-state index is 12.1. The summed E-state index contributed by atoms with van der Waals surface area (Å²) in [5.41, 5.74) is 1.87. The zero-order chi connectivity index (χ0) is 17.6. The molecule has 0 bridgehead atoms. The topological polar surface area (TPSA) is 59.8 Å². The Labute approximate surface area is 151 Å². The van der Waals surface area contributed by atoms with E-state index in [2.05, 4.69) is 22.2 Å². The Bertz CT molecular complexity index is 838. The lowest BCUT2D eigenvalue weighted by Gasteiger charge is -2.02. The maximum Gasteiger partial charge on any atom is 0.226 e. The molecule has 0 aliphatic carbocycles. The number of rotatable bonds is 7. The summed E-state index contributed by atoms with van der Waals surface area (Å²) < 4.78 is 1.97. The van der Waals surface area contributed by atoms with Crippen LogP contribution in [0.5, 0.6) is 0 Å². The number of aryl methyl sites for hydroxylation is 1. The van der Waals surface area contributed by atoms with Crippen molar-refractivity contribution in [1.29, 1.82) is 0 Å². The number of nitrogens with one attached hydrogen (secondary N) is 1. The molecule has 2 aromatic heterocycles. The second-order valence-electron chi connectivity index (χ2n) is 5.93. The van der Waals surface area contributed by atoms with Gasteiger partial charge in [-0.25, -0.2) is 9.97 Å². The number of thiazole rings is 1. The molecule has 0 atom stereocenters. The van der Waals surface area contributed by atoms with Gasteiger partial charge in [0.05, 0.1) is 10.6 Å². The number of hydrogen-bond acceptors (Lipinski definition) is 4. The SMILES string of the molecule is CCCCCC(=O)Nc1nc(-c2ccccc2)c(-c2nccn2C)s1. The lowest BCUT2D eigenvalue weighted by Crippen LogP contribution is -2.10. The number of amides is 1. The Morgan fingerprint density at radius 2 is 2.04 bits per heavy atom. The molecule has 0 aliphatic rings. The molecule has 0 aliphatic heterocycles. The minimum atomic E-state index is 0.0215. The molecule has 6 heteroatoms. The molecule has 25 heavy (non-hydrogen) atoms. The number of carbonyl (C=O) groups excluding carboxylic acids is 1. The van der Waals surface area contributed by atoms with Crippen LogP contribution in [0.15, 0.2) is 42.7 Å². The first-order valence-electron chi connectivity index (χ1n) is 8.53. The number of carbonyl (C=O) groups is 1. The van der Waals surface area contributed by atoms with Gasteiger partial charge in [-0.05, 0) is 6.42 Å². The molecule has 0 saturated heterocycles. The van der Waals surface area contributed by atoms with Crippen LogP contribution in [0.2, 0.25) is 0 Å². The third kappa shape index (κ3) is 4.14. The number of benzene rings is 1. The molecule has 3 rings (SSSR count). The highest BCUT2D eigenvalue weighted by atomic mass is 32.1. The zero-order valence-electron chi connectivity index (χ0n) is 14.5. The predicted octanol–water partition coefficient (Wildman–Crippen LogP) is 4.73. The van der Waals surface area contributed by atoms with Crippen LogP contribution < -0.4 is 5.32 Å². The normalized spacial score (nSPS) is 10.8. The van der Waals surface area contributed by atoms with Gasteiger partial charge in [0.15, 0.2) is 11.0 Å². The number of hydrogen-bond donors (Lipinski definition) is 1. The molecule has 1 aromatic carbocycles. The number of imidazole rings is 1. The highest BCUT2D eigenvalue weighted by Crippen LogP contribution is 2.38. The summed E-state index contributed by atoms with van der Waals surface area (Å²) in [5.74, 6) is 0.871. The molecule has 0 radical (unpaired) electrons. The van der Waals surface area contributed by atoms with Gasteiger partial charge in [-0.3, -0.25) is 4.79 Å². The molecule has 2 heterocycles. The van der Waals surface area contributed by atoms with Gasteiger partial charge >= 0.3 is 0 Å². The molecule has 1 amide bonds. The van der Waals surface area contributed by atoms with E-state index in [1.54, 1.807) is 6.20 Å². The van der Waals surface area contributed by atoms with E-state index in [0.29, 0.717) is 11.6 Å². The molecular formula is C19H22N4OS. The first-order chi connectivity index (χ1) is 12.2. The molecule has 0 unspecified atom stereocenters. The molecule has 5 nitrogen and oxygen atoms in total. The van der Waals surface area contributed by atoms with Crippen molar-refractivity contribution < 1.29 is 4.79 Å². The van der Waals surface area contributed by atoms with Crippen LogP contribution in [0.1, 0.15) is 32.6 Å². The molecule has 0 spiro atoms. The Morgan fingerprint density at radius 1 is 1.24 bits per heavy atom. The third-order valence-electron chi connectivity index (χ3n) is 3.95.